The van der Waals surface area contributed by atoms with Crippen molar-refractivity contribution < 1.29 is 19.0 Å². The molecule has 23 heavy (non-hydrogen) atoms. The first-order valence-electron chi connectivity index (χ1n) is 8.01. The lowest BCUT2D eigenvalue weighted by atomic mass is 9.85. The number of fused-ring (bicyclic) bond motifs is 1. The van der Waals surface area contributed by atoms with Crippen LogP contribution in [0.5, 0.6) is 5.75 Å². The number of ether oxygens (including phenoxy) is 2. The predicted molar refractivity (Wildman–Crippen MR) is 87.8 cm³/mol. The summed E-state index contributed by atoms with van der Waals surface area (Å²) in [6.07, 6.45) is -1.11. The van der Waals surface area contributed by atoms with Crippen molar-refractivity contribution in [2.24, 2.45) is 0 Å². The van der Waals surface area contributed by atoms with Crippen LogP contribution < -0.4 is 15.4 Å². The minimum absolute atomic E-state index is 0.390. The van der Waals surface area contributed by atoms with Gasteiger partial charge in [0.2, 0.25) is 0 Å². The summed E-state index contributed by atoms with van der Waals surface area (Å²) >= 11 is 0. The molecule has 128 valence electrons. The van der Waals surface area contributed by atoms with Crippen LogP contribution in [0.3, 0.4) is 0 Å². The second-order valence-corrected chi connectivity index (χ2v) is 7.23. The Morgan fingerprint density at radius 3 is 2.61 bits per heavy atom. The Bertz CT molecular complexity index is 596. The number of benzene rings is 1. The summed E-state index contributed by atoms with van der Waals surface area (Å²) in [6.45, 7) is 7.50. The molecule has 0 bridgehead atoms. The molecule has 6 heteroatoms. The van der Waals surface area contributed by atoms with Gasteiger partial charge in [0.05, 0.1) is 30.2 Å². The van der Waals surface area contributed by atoms with Gasteiger partial charge in [0.1, 0.15) is 11.4 Å². The van der Waals surface area contributed by atoms with Crippen LogP contribution in [0, 0.1) is 0 Å². The largest absolute Gasteiger partial charge is 0.484 e. The normalized spacial score (nSPS) is 25.9. The fourth-order valence-corrected chi connectivity index (χ4v) is 3.50. The van der Waals surface area contributed by atoms with Gasteiger partial charge in [-0.1, -0.05) is 0 Å². The second kappa shape index (κ2) is 5.53. The van der Waals surface area contributed by atoms with E-state index in [0.29, 0.717) is 31.1 Å². The van der Waals surface area contributed by atoms with Crippen LogP contribution >= 0.6 is 0 Å². The minimum Gasteiger partial charge on any atom is -0.484 e. The highest BCUT2D eigenvalue weighted by Crippen LogP contribution is 2.44. The van der Waals surface area contributed by atoms with Gasteiger partial charge in [-0.2, -0.15) is 0 Å². The summed E-state index contributed by atoms with van der Waals surface area (Å²) in [5, 5.41) is 10.0. The van der Waals surface area contributed by atoms with Gasteiger partial charge >= 0.3 is 0 Å². The first kappa shape index (κ1) is 16.3. The van der Waals surface area contributed by atoms with E-state index in [4.69, 9.17) is 15.2 Å². The van der Waals surface area contributed by atoms with E-state index >= 15 is 0 Å². The number of hydrogen-bond acceptors (Lipinski definition) is 5. The number of morpholine rings is 1. The smallest absolute Gasteiger partial charge is 0.167 e. The van der Waals surface area contributed by atoms with Crippen molar-refractivity contribution in [3.8, 4) is 5.75 Å². The molecule has 0 saturated carbocycles. The van der Waals surface area contributed by atoms with E-state index in [0.717, 1.165) is 24.3 Å². The summed E-state index contributed by atoms with van der Waals surface area (Å²) < 4.78 is 26.0. The molecule has 0 spiro atoms. The van der Waals surface area contributed by atoms with Gasteiger partial charge in [0.25, 0.3) is 0 Å². The van der Waals surface area contributed by atoms with E-state index in [1.165, 1.54) is 13.8 Å². The second-order valence-electron chi connectivity index (χ2n) is 7.23. The van der Waals surface area contributed by atoms with E-state index in [1.807, 2.05) is 12.1 Å². The van der Waals surface area contributed by atoms with Crippen LogP contribution in [-0.4, -0.2) is 48.8 Å². The number of nitrogens with two attached hydrogens (primary N) is 1. The lowest BCUT2D eigenvalue weighted by Gasteiger charge is -2.35. The van der Waals surface area contributed by atoms with Crippen molar-refractivity contribution in [3.05, 3.63) is 17.7 Å². The maximum absolute atomic E-state index is 14.7. The first-order chi connectivity index (χ1) is 10.7. The van der Waals surface area contributed by atoms with E-state index in [2.05, 4.69) is 4.90 Å². The first-order valence-corrected chi connectivity index (χ1v) is 8.01. The van der Waals surface area contributed by atoms with Crippen LogP contribution in [0.2, 0.25) is 0 Å². The van der Waals surface area contributed by atoms with Crippen LogP contribution in [-0.2, 0) is 11.2 Å². The lowest BCUT2D eigenvalue weighted by molar-refractivity contribution is -0.0917. The molecule has 0 aromatic heterocycles. The Morgan fingerprint density at radius 2 is 2.00 bits per heavy atom. The third kappa shape index (κ3) is 2.97. The van der Waals surface area contributed by atoms with E-state index in [1.54, 1.807) is 6.92 Å². The molecule has 2 atom stereocenters. The Labute approximate surface area is 136 Å². The number of nitrogen functional groups attached to an aromatic ring is 1. The quantitative estimate of drug-likeness (QED) is 0.831. The molecule has 5 nitrogen and oxygen atoms in total. The van der Waals surface area contributed by atoms with E-state index in [-0.39, 0.29) is 0 Å². The Morgan fingerprint density at radius 1 is 1.35 bits per heavy atom. The summed E-state index contributed by atoms with van der Waals surface area (Å²) in [4.78, 5) is 2.15. The average molecular weight is 324 g/mol. The van der Waals surface area contributed by atoms with Crippen molar-refractivity contribution >= 4 is 11.4 Å². The van der Waals surface area contributed by atoms with Gasteiger partial charge in [-0.25, -0.2) is 4.39 Å². The van der Waals surface area contributed by atoms with Crippen LogP contribution in [0.4, 0.5) is 15.8 Å². The molecule has 1 aromatic rings. The third-order valence-corrected chi connectivity index (χ3v) is 4.60. The minimum atomic E-state index is -1.50. The highest BCUT2D eigenvalue weighted by atomic mass is 19.1. The van der Waals surface area contributed by atoms with Crippen LogP contribution in [0.15, 0.2) is 12.1 Å². The van der Waals surface area contributed by atoms with Gasteiger partial charge in [-0.15, -0.1) is 0 Å². The van der Waals surface area contributed by atoms with Crippen LogP contribution in [0.25, 0.3) is 0 Å². The number of halogens is 1. The zero-order chi connectivity index (χ0) is 16.8. The van der Waals surface area contributed by atoms with E-state index < -0.39 is 17.4 Å². The molecule has 0 aliphatic carbocycles. The zero-order valence-electron chi connectivity index (χ0n) is 13.9. The molecule has 3 rings (SSSR count). The molecule has 1 saturated heterocycles. The van der Waals surface area contributed by atoms with Gasteiger partial charge in [0.15, 0.2) is 6.17 Å². The molecule has 2 heterocycles. The summed E-state index contributed by atoms with van der Waals surface area (Å²) in [5.74, 6) is 0.648. The maximum Gasteiger partial charge on any atom is 0.167 e. The molecule has 0 amide bonds. The van der Waals surface area contributed by atoms with E-state index in [9.17, 15) is 9.50 Å². The maximum atomic E-state index is 14.7. The Kier molecular flexibility index (Phi) is 3.92. The fourth-order valence-electron chi connectivity index (χ4n) is 3.50. The van der Waals surface area contributed by atoms with Gasteiger partial charge in [-0.3, -0.25) is 0 Å². The molecule has 3 N–H and O–H groups in total. The fraction of sp³-hybridized carbons (Fsp3) is 0.647. The molecule has 2 aliphatic heterocycles. The van der Waals surface area contributed by atoms with Crippen molar-refractivity contribution in [2.75, 3.05) is 36.9 Å². The van der Waals surface area contributed by atoms with Gasteiger partial charge < -0.3 is 25.2 Å². The molecular formula is C17H25FN2O3. The van der Waals surface area contributed by atoms with Crippen molar-refractivity contribution in [3.63, 3.8) is 0 Å². The summed E-state index contributed by atoms with van der Waals surface area (Å²) in [5.41, 5.74) is 6.09. The highest BCUT2D eigenvalue weighted by Gasteiger charge is 2.49. The number of hydrogen-bond donors (Lipinski definition) is 2. The standard InChI is InChI=1S/C17H25FN2O3/c1-16(2,21)15(18)17(3)10-11-8-12(19)13(9-14(11)23-17)20-4-6-22-7-5-20/h8-9,15,21H,4-7,10,19H2,1-3H3. The third-order valence-electron chi connectivity index (χ3n) is 4.60. The molecule has 2 aliphatic rings. The molecule has 0 radical (unpaired) electrons. The molecule has 2 unspecified atom stereocenters. The summed E-state index contributed by atoms with van der Waals surface area (Å²) in [7, 11) is 0. The SMILES string of the molecule is CC(C)(O)C(F)C1(C)Cc2cc(N)c(N3CCOCC3)cc2O1. The van der Waals surface area contributed by atoms with Crippen molar-refractivity contribution in [2.45, 2.75) is 44.6 Å². The lowest BCUT2D eigenvalue weighted by Crippen LogP contribution is -2.52. The van der Waals surface area contributed by atoms with Crippen molar-refractivity contribution in [1.82, 2.24) is 0 Å². The summed E-state index contributed by atoms with van der Waals surface area (Å²) in [6, 6.07) is 3.75. The molecule has 1 aromatic carbocycles. The zero-order valence-corrected chi connectivity index (χ0v) is 13.9. The Balaban J connectivity index is 1.88. The Hall–Kier alpha value is -1.53. The number of anilines is 2. The number of alkyl halides is 1. The highest BCUT2D eigenvalue weighted by molar-refractivity contribution is 5.72. The van der Waals surface area contributed by atoms with Gasteiger partial charge in [0, 0.05) is 31.1 Å². The topological polar surface area (TPSA) is 68.0 Å². The van der Waals surface area contributed by atoms with Gasteiger partial charge in [-0.05, 0) is 26.8 Å². The van der Waals surface area contributed by atoms with Crippen molar-refractivity contribution in [1.29, 1.82) is 0 Å². The number of rotatable bonds is 3. The predicted octanol–water partition coefficient (Wildman–Crippen LogP) is 1.91. The average Bonchev–Trinajstić information content (AvgIpc) is 2.82. The molecule has 1 fully saturated rings. The number of nitrogens with zero attached hydrogens (tertiary/aromatic N) is 1. The molecular weight excluding hydrogens is 299 g/mol. The monoisotopic (exact) mass is 324 g/mol. The number of aliphatic hydroxyl groups is 1. The van der Waals surface area contributed by atoms with Crippen LogP contribution in [0.1, 0.15) is 26.3 Å².